The maximum Gasteiger partial charge on any atom is 0.408 e. The maximum absolute atomic E-state index is 12.0. The lowest BCUT2D eigenvalue weighted by molar-refractivity contribution is -0.139. The van der Waals surface area contributed by atoms with Crippen LogP contribution in [0.3, 0.4) is 0 Å². The first-order valence-corrected chi connectivity index (χ1v) is 12.4. The van der Waals surface area contributed by atoms with Gasteiger partial charge in [0.1, 0.15) is 23.1 Å². The Morgan fingerprint density at radius 1 is 1.06 bits per heavy atom. The fourth-order valence-corrected chi connectivity index (χ4v) is 5.44. The van der Waals surface area contributed by atoms with Crippen LogP contribution in [0.5, 0.6) is 17.2 Å². The quantitative estimate of drug-likeness (QED) is 0.320. The number of phenols is 1. The number of rotatable bonds is 6. The first-order valence-electron chi connectivity index (χ1n) is 9.14. The van der Waals surface area contributed by atoms with E-state index in [9.17, 15) is 19.8 Å². The number of phenolic OH excluding ortho intramolecular Hbond substituents is 1. The molecule has 2 aromatic rings. The molecule has 0 aliphatic heterocycles. The number of carboxylic acids is 1. The molecule has 0 aromatic heterocycles. The normalized spacial score (nSPS) is 12.2. The molecular formula is C21H22I3NO6. The third-order valence-corrected chi connectivity index (χ3v) is 6.36. The Balaban J connectivity index is 2.22. The van der Waals surface area contributed by atoms with Gasteiger partial charge < -0.3 is 25.0 Å². The Hall–Kier alpha value is -1.03. The van der Waals surface area contributed by atoms with E-state index >= 15 is 0 Å². The van der Waals surface area contributed by atoms with Crippen molar-refractivity contribution in [2.45, 2.75) is 45.8 Å². The van der Waals surface area contributed by atoms with Crippen molar-refractivity contribution < 1.29 is 29.3 Å². The van der Waals surface area contributed by atoms with Gasteiger partial charge in [-0.2, -0.15) is 0 Å². The Labute approximate surface area is 221 Å². The molecule has 168 valence electrons. The Kier molecular flexibility index (Phi) is 9.07. The first kappa shape index (κ1) is 26.2. The number of carbonyl (C=O) groups is 2. The van der Waals surface area contributed by atoms with Gasteiger partial charge in [-0.25, -0.2) is 9.59 Å². The number of aromatic hydroxyl groups is 1. The summed E-state index contributed by atoms with van der Waals surface area (Å²) >= 11 is 6.30. The summed E-state index contributed by atoms with van der Waals surface area (Å²) in [5.74, 6) is 0.311. The molecule has 0 aliphatic carbocycles. The minimum atomic E-state index is -1.15. The summed E-state index contributed by atoms with van der Waals surface area (Å²) < 4.78 is 13.5. The van der Waals surface area contributed by atoms with Gasteiger partial charge in [0.2, 0.25) is 0 Å². The van der Waals surface area contributed by atoms with Crippen LogP contribution in [0.4, 0.5) is 4.79 Å². The van der Waals surface area contributed by atoms with Gasteiger partial charge >= 0.3 is 12.1 Å². The second-order valence-electron chi connectivity index (χ2n) is 7.80. The predicted molar refractivity (Wildman–Crippen MR) is 142 cm³/mol. The van der Waals surface area contributed by atoms with Crippen LogP contribution in [0.1, 0.15) is 31.9 Å². The summed E-state index contributed by atoms with van der Waals surface area (Å²) in [6, 6.07) is 6.01. The largest absolute Gasteiger partial charge is 0.507 e. The van der Waals surface area contributed by atoms with E-state index in [4.69, 9.17) is 9.47 Å². The number of nitrogens with one attached hydrogen (secondary N) is 1. The van der Waals surface area contributed by atoms with Crippen molar-refractivity contribution >= 4 is 79.8 Å². The monoisotopic (exact) mass is 765 g/mol. The summed E-state index contributed by atoms with van der Waals surface area (Å²) in [4.78, 5) is 23.7. The molecule has 31 heavy (non-hydrogen) atoms. The number of aryl methyl sites for hydroxylation is 1. The summed E-state index contributed by atoms with van der Waals surface area (Å²) in [6.07, 6.45) is -0.682. The molecule has 0 heterocycles. The minimum Gasteiger partial charge on any atom is -0.507 e. The van der Waals surface area contributed by atoms with Gasteiger partial charge in [-0.15, -0.1) is 0 Å². The highest BCUT2D eigenvalue weighted by molar-refractivity contribution is 14.1. The lowest BCUT2D eigenvalue weighted by atomic mass is 10.1. The van der Waals surface area contributed by atoms with Crippen molar-refractivity contribution in [3.8, 4) is 17.2 Å². The van der Waals surface area contributed by atoms with Gasteiger partial charge in [0.15, 0.2) is 5.75 Å². The molecular weight excluding hydrogens is 743 g/mol. The molecule has 2 rings (SSSR count). The second kappa shape index (κ2) is 10.7. The van der Waals surface area contributed by atoms with Crippen LogP contribution >= 0.6 is 67.8 Å². The number of halogens is 3. The molecule has 1 unspecified atom stereocenters. The van der Waals surface area contributed by atoms with Crippen LogP contribution in [0.25, 0.3) is 0 Å². The average Bonchev–Trinajstić information content (AvgIpc) is 2.60. The van der Waals surface area contributed by atoms with Crippen LogP contribution in [0.2, 0.25) is 0 Å². The maximum atomic E-state index is 12.0. The fourth-order valence-electron chi connectivity index (χ4n) is 2.60. The number of hydrogen-bond donors (Lipinski definition) is 3. The topological polar surface area (TPSA) is 105 Å². The lowest BCUT2D eigenvalue weighted by Crippen LogP contribution is -2.44. The molecule has 10 heteroatoms. The van der Waals surface area contributed by atoms with E-state index in [-0.39, 0.29) is 12.2 Å². The molecule has 1 atom stereocenters. The molecule has 1 amide bonds. The number of alkyl carbamates (subject to hydrolysis) is 1. The zero-order valence-electron chi connectivity index (χ0n) is 17.3. The summed E-state index contributed by atoms with van der Waals surface area (Å²) in [5.41, 5.74) is 0.725. The molecule has 3 N–H and O–H groups in total. The molecule has 0 fully saturated rings. The van der Waals surface area contributed by atoms with E-state index in [2.05, 4.69) is 50.5 Å². The highest BCUT2D eigenvalue weighted by Crippen LogP contribution is 2.36. The molecule has 7 nitrogen and oxygen atoms in total. The lowest BCUT2D eigenvalue weighted by Gasteiger charge is -2.22. The van der Waals surface area contributed by atoms with Crippen LogP contribution in [-0.2, 0) is 16.0 Å². The first-order chi connectivity index (χ1) is 14.3. The van der Waals surface area contributed by atoms with E-state index in [0.717, 1.165) is 12.7 Å². The minimum absolute atomic E-state index is 0.0943. The van der Waals surface area contributed by atoms with Crippen molar-refractivity contribution in [2.75, 3.05) is 0 Å². The Morgan fingerprint density at radius 3 is 2.13 bits per heavy atom. The number of hydrogen-bond acceptors (Lipinski definition) is 5. The third kappa shape index (κ3) is 7.80. The SMILES string of the molecule is Cc1cc(Oc2c(I)cc(CC(NC(=O)OC(C)(C)C)C(=O)O)cc2I)cc(I)c1O. The van der Waals surface area contributed by atoms with Gasteiger partial charge in [0.25, 0.3) is 0 Å². The number of aliphatic carboxylic acids is 1. The van der Waals surface area contributed by atoms with Gasteiger partial charge in [-0.3, -0.25) is 0 Å². The zero-order valence-corrected chi connectivity index (χ0v) is 23.7. The van der Waals surface area contributed by atoms with E-state index in [1.54, 1.807) is 39.8 Å². The number of benzene rings is 2. The molecule has 0 saturated carbocycles. The third-order valence-electron chi connectivity index (χ3n) is 3.93. The smallest absolute Gasteiger partial charge is 0.408 e. The molecule has 0 spiro atoms. The Bertz CT molecular complexity index is 957. The van der Waals surface area contributed by atoms with Crippen LogP contribution in [0, 0.1) is 17.6 Å². The number of amides is 1. The Morgan fingerprint density at radius 2 is 1.65 bits per heavy atom. The van der Waals surface area contributed by atoms with Crippen LogP contribution < -0.4 is 10.1 Å². The van der Waals surface area contributed by atoms with E-state index < -0.39 is 23.7 Å². The summed E-state index contributed by atoms with van der Waals surface area (Å²) in [7, 11) is 0. The average molecular weight is 765 g/mol. The van der Waals surface area contributed by atoms with Gasteiger partial charge in [0, 0.05) is 6.42 Å². The van der Waals surface area contributed by atoms with Crippen molar-refractivity contribution in [1.82, 2.24) is 5.32 Å². The molecule has 0 saturated heterocycles. The zero-order chi connectivity index (χ0) is 23.5. The predicted octanol–water partition coefficient (Wildman–Crippen LogP) is 5.83. The van der Waals surface area contributed by atoms with E-state index in [1.165, 1.54) is 0 Å². The molecule has 0 radical (unpaired) electrons. The number of carboxylic acid groups (broad SMARTS) is 1. The van der Waals surface area contributed by atoms with Gasteiger partial charge in [-0.1, -0.05) is 0 Å². The summed E-state index contributed by atoms with van der Waals surface area (Å²) in [6.45, 7) is 6.93. The van der Waals surface area contributed by atoms with Crippen LogP contribution in [-0.4, -0.2) is 33.9 Å². The highest BCUT2D eigenvalue weighted by Gasteiger charge is 2.25. The molecule has 0 aliphatic rings. The summed E-state index contributed by atoms with van der Waals surface area (Å²) in [5, 5.41) is 21.9. The van der Waals surface area contributed by atoms with Crippen molar-refractivity contribution in [3.63, 3.8) is 0 Å². The second-order valence-corrected chi connectivity index (χ2v) is 11.3. The fraction of sp³-hybridized carbons (Fsp3) is 0.333. The van der Waals surface area contributed by atoms with E-state index in [0.29, 0.717) is 20.6 Å². The van der Waals surface area contributed by atoms with Gasteiger partial charge in [-0.05, 0) is 131 Å². The number of ether oxygens (including phenoxy) is 2. The van der Waals surface area contributed by atoms with Crippen LogP contribution in [0.15, 0.2) is 24.3 Å². The molecule has 2 aromatic carbocycles. The van der Waals surface area contributed by atoms with E-state index in [1.807, 2.05) is 34.7 Å². The van der Waals surface area contributed by atoms with Crippen molar-refractivity contribution in [2.24, 2.45) is 0 Å². The van der Waals surface area contributed by atoms with Crippen molar-refractivity contribution in [3.05, 3.63) is 46.1 Å². The number of carbonyl (C=O) groups excluding carboxylic acids is 1. The standard InChI is InChI=1S/C21H22I3NO6/c1-10-5-12(9-13(22)17(10)26)30-18-14(23)6-11(7-15(18)24)8-16(19(27)28)25-20(29)31-21(2,3)4/h5-7,9,16,26H,8H2,1-4H3,(H,25,29)(H,27,28). The molecule has 0 bridgehead atoms. The van der Waals surface area contributed by atoms with Gasteiger partial charge in [0.05, 0.1) is 10.7 Å². The highest BCUT2D eigenvalue weighted by atomic mass is 127. The van der Waals surface area contributed by atoms with Crippen molar-refractivity contribution in [1.29, 1.82) is 0 Å².